The normalized spacial score (nSPS) is 11.3. The van der Waals surface area contributed by atoms with E-state index >= 15 is 0 Å². The SMILES string of the molecule is CCN(CC)c1ccc(Nc2c(C(=O)N(C)C)[nH]n3c(-c4cc(C)n(C)n4)c(C)nc23)c(C)c1. The Morgan fingerprint density at radius 2 is 1.82 bits per heavy atom. The maximum Gasteiger partial charge on any atom is 0.273 e. The number of nitrogens with zero attached hydrogens (tertiary/aromatic N) is 6. The van der Waals surface area contributed by atoms with Crippen LogP contribution < -0.4 is 10.2 Å². The lowest BCUT2D eigenvalue weighted by atomic mass is 10.1. The zero-order valence-corrected chi connectivity index (χ0v) is 21.3. The third kappa shape index (κ3) is 3.91. The molecule has 4 rings (SSSR count). The van der Waals surface area contributed by atoms with E-state index in [9.17, 15) is 4.79 Å². The van der Waals surface area contributed by atoms with Crippen LogP contribution in [0.2, 0.25) is 0 Å². The van der Waals surface area contributed by atoms with Crippen LogP contribution in [-0.4, -0.2) is 62.4 Å². The van der Waals surface area contributed by atoms with Crippen molar-refractivity contribution in [3.63, 3.8) is 0 Å². The average Bonchev–Trinajstić information content (AvgIpc) is 3.41. The van der Waals surface area contributed by atoms with Crippen LogP contribution in [0.1, 0.15) is 41.3 Å². The minimum Gasteiger partial charge on any atom is -0.372 e. The maximum absolute atomic E-state index is 13.1. The molecule has 2 N–H and O–H groups in total. The molecule has 0 fully saturated rings. The molecule has 0 saturated heterocycles. The van der Waals surface area contributed by atoms with Crippen molar-refractivity contribution in [2.45, 2.75) is 34.6 Å². The molecule has 0 aliphatic carbocycles. The number of hydrogen-bond donors (Lipinski definition) is 2. The molecule has 9 heteroatoms. The van der Waals surface area contributed by atoms with E-state index < -0.39 is 0 Å². The second-order valence-electron chi connectivity index (χ2n) is 8.86. The van der Waals surface area contributed by atoms with E-state index in [1.165, 1.54) is 5.69 Å². The molecule has 0 aliphatic rings. The largest absolute Gasteiger partial charge is 0.372 e. The van der Waals surface area contributed by atoms with Gasteiger partial charge in [0.05, 0.1) is 5.69 Å². The fourth-order valence-electron chi connectivity index (χ4n) is 4.27. The fraction of sp³-hybridized carbons (Fsp3) is 0.400. The van der Waals surface area contributed by atoms with Crippen molar-refractivity contribution in [3.05, 3.63) is 46.9 Å². The van der Waals surface area contributed by atoms with Gasteiger partial charge < -0.3 is 15.1 Å². The third-order valence-electron chi connectivity index (χ3n) is 6.32. The van der Waals surface area contributed by atoms with Gasteiger partial charge in [-0.25, -0.2) is 9.50 Å². The summed E-state index contributed by atoms with van der Waals surface area (Å²) in [5.41, 5.74) is 8.50. The molecule has 9 nitrogen and oxygen atoms in total. The number of benzene rings is 1. The lowest BCUT2D eigenvalue weighted by molar-refractivity contribution is 0.0822. The monoisotopic (exact) mass is 462 g/mol. The number of aromatic amines is 1. The Kier molecular flexibility index (Phi) is 6.12. The van der Waals surface area contributed by atoms with Crippen LogP contribution in [0.5, 0.6) is 0 Å². The van der Waals surface area contributed by atoms with Gasteiger partial charge in [-0.05, 0) is 64.4 Å². The topological polar surface area (TPSA) is 86.5 Å². The van der Waals surface area contributed by atoms with Crippen molar-refractivity contribution in [2.75, 3.05) is 37.4 Å². The first-order chi connectivity index (χ1) is 16.2. The summed E-state index contributed by atoms with van der Waals surface area (Å²) in [6.07, 6.45) is 0. The van der Waals surface area contributed by atoms with Crippen molar-refractivity contribution < 1.29 is 4.79 Å². The quantitative estimate of drug-likeness (QED) is 0.428. The van der Waals surface area contributed by atoms with Gasteiger partial charge in [0.25, 0.3) is 5.91 Å². The number of rotatable bonds is 7. The number of aromatic nitrogens is 5. The average molecular weight is 463 g/mol. The lowest BCUT2D eigenvalue weighted by Gasteiger charge is -2.22. The second kappa shape index (κ2) is 8.89. The molecular weight excluding hydrogens is 428 g/mol. The zero-order chi connectivity index (χ0) is 24.7. The predicted octanol–water partition coefficient (Wildman–Crippen LogP) is 4.28. The van der Waals surface area contributed by atoms with E-state index in [1.54, 1.807) is 19.0 Å². The number of nitrogens with one attached hydrogen (secondary N) is 2. The minimum atomic E-state index is -0.133. The van der Waals surface area contributed by atoms with Crippen LogP contribution in [0.25, 0.3) is 17.0 Å². The molecule has 0 aliphatic heterocycles. The first kappa shape index (κ1) is 23.4. The summed E-state index contributed by atoms with van der Waals surface area (Å²) in [4.78, 5) is 21.8. The molecule has 0 unspecified atom stereocenters. The van der Waals surface area contributed by atoms with Crippen molar-refractivity contribution in [1.29, 1.82) is 0 Å². The van der Waals surface area contributed by atoms with Gasteiger partial charge in [-0.15, -0.1) is 0 Å². The van der Waals surface area contributed by atoms with E-state index in [0.29, 0.717) is 17.0 Å². The summed E-state index contributed by atoms with van der Waals surface area (Å²) in [6.45, 7) is 12.3. The van der Waals surface area contributed by atoms with Crippen LogP contribution in [0, 0.1) is 20.8 Å². The van der Waals surface area contributed by atoms with Gasteiger partial charge in [-0.1, -0.05) is 0 Å². The highest BCUT2D eigenvalue weighted by Gasteiger charge is 2.26. The smallest absolute Gasteiger partial charge is 0.273 e. The summed E-state index contributed by atoms with van der Waals surface area (Å²) in [5.74, 6) is -0.133. The van der Waals surface area contributed by atoms with Crippen LogP contribution in [0.3, 0.4) is 0 Å². The summed E-state index contributed by atoms with van der Waals surface area (Å²) < 4.78 is 3.69. The Balaban J connectivity index is 1.85. The highest BCUT2D eigenvalue weighted by Crippen LogP contribution is 2.34. The van der Waals surface area contributed by atoms with E-state index in [0.717, 1.165) is 47.1 Å². The summed E-state index contributed by atoms with van der Waals surface area (Å²) >= 11 is 0. The van der Waals surface area contributed by atoms with Crippen molar-refractivity contribution >= 4 is 28.6 Å². The van der Waals surface area contributed by atoms with Crippen molar-refractivity contribution in [3.8, 4) is 11.4 Å². The molecule has 1 amide bonds. The highest BCUT2D eigenvalue weighted by atomic mass is 16.2. The molecule has 0 radical (unpaired) electrons. The van der Waals surface area contributed by atoms with Crippen LogP contribution in [0.4, 0.5) is 17.1 Å². The fourth-order valence-corrected chi connectivity index (χ4v) is 4.27. The number of hydrogen-bond acceptors (Lipinski definition) is 5. The van der Waals surface area contributed by atoms with Gasteiger partial charge in [-0.3, -0.25) is 14.6 Å². The Morgan fingerprint density at radius 3 is 2.38 bits per heavy atom. The number of amides is 1. The van der Waals surface area contributed by atoms with E-state index in [-0.39, 0.29) is 5.91 Å². The number of anilines is 3. The van der Waals surface area contributed by atoms with E-state index in [1.807, 2.05) is 36.2 Å². The van der Waals surface area contributed by atoms with Gasteiger partial charge in [0, 0.05) is 51.3 Å². The predicted molar refractivity (Wildman–Crippen MR) is 137 cm³/mol. The molecule has 3 aromatic heterocycles. The van der Waals surface area contributed by atoms with Gasteiger partial charge in [0.1, 0.15) is 22.8 Å². The summed E-state index contributed by atoms with van der Waals surface area (Å²) in [6, 6.07) is 8.37. The Morgan fingerprint density at radius 1 is 1.12 bits per heavy atom. The molecule has 0 bridgehead atoms. The van der Waals surface area contributed by atoms with Gasteiger partial charge in [0.2, 0.25) is 0 Å². The molecule has 0 saturated carbocycles. The first-order valence-corrected chi connectivity index (χ1v) is 11.6. The minimum absolute atomic E-state index is 0.133. The van der Waals surface area contributed by atoms with Gasteiger partial charge in [-0.2, -0.15) is 5.10 Å². The van der Waals surface area contributed by atoms with Gasteiger partial charge in [0.15, 0.2) is 5.65 Å². The Hall–Kier alpha value is -3.75. The molecule has 180 valence electrons. The Bertz CT molecular complexity index is 1330. The van der Waals surface area contributed by atoms with Crippen LogP contribution >= 0.6 is 0 Å². The second-order valence-corrected chi connectivity index (χ2v) is 8.86. The molecule has 3 heterocycles. The number of H-pyrrole nitrogens is 1. The molecular formula is C25H34N8O. The number of fused-ring (bicyclic) bond motifs is 1. The summed E-state index contributed by atoms with van der Waals surface area (Å²) in [5, 5.41) is 11.4. The maximum atomic E-state index is 13.1. The standard InChI is InChI=1S/C25H34N8O/c1-9-32(10-2)18-11-12-19(15(3)13-18)27-21-22(25(34)30(6)7)29-33-23(17(5)26-24(21)33)20-14-16(4)31(8)28-20/h11-14,27,29H,9-10H2,1-8H3. The van der Waals surface area contributed by atoms with Crippen LogP contribution in [-0.2, 0) is 7.05 Å². The molecule has 0 atom stereocenters. The van der Waals surface area contributed by atoms with Crippen molar-refractivity contribution in [1.82, 2.24) is 29.3 Å². The molecule has 34 heavy (non-hydrogen) atoms. The number of carbonyl (C=O) groups excluding carboxylic acids is 1. The van der Waals surface area contributed by atoms with E-state index in [2.05, 4.69) is 59.4 Å². The van der Waals surface area contributed by atoms with Gasteiger partial charge >= 0.3 is 0 Å². The highest BCUT2D eigenvalue weighted by molar-refractivity contribution is 6.02. The number of aryl methyl sites for hydroxylation is 4. The lowest BCUT2D eigenvalue weighted by Crippen LogP contribution is -2.23. The zero-order valence-electron chi connectivity index (χ0n) is 21.3. The summed E-state index contributed by atoms with van der Waals surface area (Å²) in [7, 11) is 5.40. The Labute approximate surface area is 200 Å². The number of carbonyl (C=O) groups is 1. The first-order valence-electron chi connectivity index (χ1n) is 11.6. The molecule has 0 spiro atoms. The van der Waals surface area contributed by atoms with Crippen molar-refractivity contribution in [2.24, 2.45) is 7.05 Å². The van der Waals surface area contributed by atoms with Crippen LogP contribution in [0.15, 0.2) is 24.3 Å². The molecule has 1 aromatic carbocycles. The molecule has 4 aromatic rings. The third-order valence-corrected chi connectivity index (χ3v) is 6.32. The number of imidazole rings is 1. The van der Waals surface area contributed by atoms with E-state index in [4.69, 9.17) is 4.98 Å².